The summed E-state index contributed by atoms with van der Waals surface area (Å²) in [6, 6.07) is 9.28. The maximum absolute atomic E-state index is 11.9. The Hall–Kier alpha value is -1.55. The minimum atomic E-state index is -1.18. The number of carbonyl (C=O) groups is 1. The number of hydrogen-bond acceptors (Lipinski definition) is 3. The molecule has 0 aromatic heterocycles. The molecule has 1 aromatic rings. The van der Waals surface area contributed by atoms with E-state index in [2.05, 4.69) is 0 Å². The molecule has 1 amide bonds. The molecule has 0 spiro atoms. The van der Waals surface area contributed by atoms with Crippen molar-refractivity contribution in [2.24, 2.45) is 0 Å². The predicted molar refractivity (Wildman–Crippen MR) is 72.8 cm³/mol. The van der Waals surface area contributed by atoms with Crippen LogP contribution in [0.2, 0.25) is 0 Å². The second-order valence-corrected chi connectivity index (χ2v) is 5.23. The highest BCUT2D eigenvalue weighted by Gasteiger charge is 2.34. The molecule has 1 aliphatic heterocycles. The lowest BCUT2D eigenvalue weighted by molar-refractivity contribution is -0.0699. The number of aliphatic hydroxyl groups is 1. The van der Waals surface area contributed by atoms with Gasteiger partial charge in [-0.1, -0.05) is 30.3 Å². The molecule has 19 heavy (non-hydrogen) atoms. The van der Waals surface area contributed by atoms with Crippen LogP contribution in [0.25, 0.3) is 0 Å². The highest BCUT2D eigenvalue weighted by molar-refractivity contribution is 5.68. The second kappa shape index (κ2) is 5.61. The molecule has 1 N–H and O–H groups in total. The molecule has 0 bridgehead atoms. The van der Waals surface area contributed by atoms with E-state index in [1.165, 1.54) is 0 Å². The van der Waals surface area contributed by atoms with Crippen molar-refractivity contribution in [2.75, 3.05) is 13.1 Å². The zero-order valence-electron chi connectivity index (χ0n) is 11.5. The molecular formula is C15H21NO3. The summed E-state index contributed by atoms with van der Waals surface area (Å²) in [6.45, 7) is 4.89. The number of carbonyl (C=O) groups excluding carboxylic acids is 1. The van der Waals surface area contributed by atoms with Crippen molar-refractivity contribution < 1.29 is 14.6 Å². The molecule has 1 fully saturated rings. The van der Waals surface area contributed by atoms with Crippen molar-refractivity contribution in [3.63, 3.8) is 0 Å². The van der Waals surface area contributed by atoms with Gasteiger partial charge in [0.05, 0.1) is 0 Å². The maximum Gasteiger partial charge on any atom is 0.410 e. The molecule has 1 heterocycles. The number of amides is 1. The number of hydrogen-bond donors (Lipinski definition) is 1. The van der Waals surface area contributed by atoms with E-state index in [1.54, 1.807) is 18.7 Å². The molecule has 0 aliphatic carbocycles. The molecular weight excluding hydrogens is 242 g/mol. The number of benzene rings is 1. The zero-order valence-corrected chi connectivity index (χ0v) is 11.5. The molecule has 2 atom stereocenters. The van der Waals surface area contributed by atoms with Crippen LogP contribution in [-0.2, 0) is 10.3 Å². The Morgan fingerprint density at radius 1 is 1.32 bits per heavy atom. The van der Waals surface area contributed by atoms with Gasteiger partial charge in [-0.25, -0.2) is 4.79 Å². The van der Waals surface area contributed by atoms with E-state index >= 15 is 0 Å². The summed E-state index contributed by atoms with van der Waals surface area (Å²) >= 11 is 0. The first-order chi connectivity index (χ1) is 9.01. The Morgan fingerprint density at radius 2 is 1.89 bits per heavy atom. The Balaban J connectivity index is 2.02. The molecule has 0 saturated carbocycles. The van der Waals surface area contributed by atoms with Gasteiger partial charge in [-0.15, -0.1) is 0 Å². The van der Waals surface area contributed by atoms with Gasteiger partial charge in [0.25, 0.3) is 0 Å². The van der Waals surface area contributed by atoms with Gasteiger partial charge in [-0.05, 0) is 32.3 Å². The fourth-order valence-electron chi connectivity index (χ4n) is 2.25. The summed E-state index contributed by atoms with van der Waals surface area (Å²) in [7, 11) is 0. The van der Waals surface area contributed by atoms with Crippen molar-refractivity contribution in [1.82, 2.24) is 4.90 Å². The van der Waals surface area contributed by atoms with Gasteiger partial charge in [0.15, 0.2) is 0 Å². The van der Waals surface area contributed by atoms with E-state index in [9.17, 15) is 9.90 Å². The van der Waals surface area contributed by atoms with E-state index in [0.29, 0.717) is 0 Å². The third kappa shape index (κ3) is 3.07. The number of ether oxygens (including phenoxy) is 1. The maximum atomic E-state index is 11.9. The number of nitrogens with zero attached hydrogens (tertiary/aromatic N) is 1. The van der Waals surface area contributed by atoms with E-state index in [-0.39, 0.29) is 6.09 Å². The monoisotopic (exact) mass is 263 g/mol. The van der Waals surface area contributed by atoms with Crippen LogP contribution in [0.1, 0.15) is 32.3 Å². The standard InChI is InChI=1S/C15H21NO3/c1-12(19-14(17)16-10-6-7-11-16)15(2,18)13-8-4-3-5-9-13/h3-5,8-9,12,18H,6-7,10-11H2,1-2H3/t12-,15-/m0/s1. The molecule has 1 aliphatic rings. The lowest BCUT2D eigenvalue weighted by atomic mass is 9.91. The summed E-state index contributed by atoms with van der Waals surface area (Å²) in [5.74, 6) is 0. The SMILES string of the molecule is C[C@H](OC(=O)N1CCCC1)[C@](C)(O)c1ccccc1. The van der Waals surface area contributed by atoms with Gasteiger partial charge in [0, 0.05) is 13.1 Å². The van der Waals surface area contributed by atoms with E-state index < -0.39 is 11.7 Å². The van der Waals surface area contributed by atoms with E-state index in [4.69, 9.17) is 4.74 Å². The average Bonchev–Trinajstić information content (AvgIpc) is 2.93. The van der Waals surface area contributed by atoms with E-state index in [0.717, 1.165) is 31.5 Å². The summed E-state index contributed by atoms with van der Waals surface area (Å²) in [4.78, 5) is 13.6. The third-order valence-corrected chi connectivity index (χ3v) is 3.79. The van der Waals surface area contributed by atoms with Gasteiger partial charge >= 0.3 is 6.09 Å². The van der Waals surface area contributed by atoms with Gasteiger partial charge in [0.1, 0.15) is 11.7 Å². The fraction of sp³-hybridized carbons (Fsp3) is 0.533. The smallest absolute Gasteiger partial charge is 0.410 e. The first-order valence-corrected chi connectivity index (χ1v) is 6.75. The first-order valence-electron chi connectivity index (χ1n) is 6.75. The van der Waals surface area contributed by atoms with Gasteiger partial charge in [0.2, 0.25) is 0 Å². The van der Waals surface area contributed by atoms with Gasteiger partial charge in [-0.2, -0.15) is 0 Å². The molecule has 1 saturated heterocycles. The lowest BCUT2D eigenvalue weighted by Crippen LogP contribution is -2.41. The second-order valence-electron chi connectivity index (χ2n) is 5.23. The van der Waals surface area contributed by atoms with Crippen LogP contribution in [0.15, 0.2) is 30.3 Å². The summed E-state index contributed by atoms with van der Waals surface area (Å²) in [6.07, 6.45) is 1.13. The topological polar surface area (TPSA) is 49.8 Å². The zero-order chi connectivity index (χ0) is 13.9. The van der Waals surface area contributed by atoms with Crippen LogP contribution in [0.5, 0.6) is 0 Å². The van der Waals surface area contributed by atoms with Crippen LogP contribution in [0.4, 0.5) is 4.79 Å². The Morgan fingerprint density at radius 3 is 2.47 bits per heavy atom. The van der Waals surface area contributed by atoms with Gasteiger partial charge < -0.3 is 14.7 Å². The highest BCUT2D eigenvalue weighted by atomic mass is 16.6. The molecule has 0 unspecified atom stereocenters. The van der Waals surface area contributed by atoms with Crippen molar-refractivity contribution in [3.05, 3.63) is 35.9 Å². The number of likely N-dealkylation sites (tertiary alicyclic amines) is 1. The largest absolute Gasteiger partial charge is 0.443 e. The van der Waals surface area contributed by atoms with Crippen molar-refractivity contribution in [1.29, 1.82) is 0 Å². The third-order valence-electron chi connectivity index (χ3n) is 3.79. The summed E-state index contributed by atoms with van der Waals surface area (Å²) in [5, 5.41) is 10.6. The Bertz CT molecular complexity index is 424. The molecule has 4 heteroatoms. The average molecular weight is 263 g/mol. The molecule has 2 rings (SSSR count). The summed E-state index contributed by atoms with van der Waals surface area (Å²) < 4.78 is 5.39. The fourth-order valence-corrected chi connectivity index (χ4v) is 2.25. The Kier molecular flexibility index (Phi) is 4.10. The minimum Gasteiger partial charge on any atom is -0.443 e. The van der Waals surface area contributed by atoms with Crippen LogP contribution < -0.4 is 0 Å². The number of rotatable bonds is 3. The van der Waals surface area contributed by atoms with Crippen LogP contribution >= 0.6 is 0 Å². The molecule has 1 aromatic carbocycles. The molecule has 104 valence electrons. The van der Waals surface area contributed by atoms with Crippen LogP contribution in [-0.4, -0.2) is 35.3 Å². The van der Waals surface area contributed by atoms with Crippen LogP contribution in [0, 0.1) is 0 Å². The normalized spacial score (nSPS) is 19.8. The summed E-state index contributed by atoms with van der Waals surface area (Å²) in [5.41, 5.74) is -0.437. The predicted octanol–water partition coefficient (Wildman–Crippen LogP) is 2.52. The van der Waals surface area contributed by atoms with E-state index in [1.807, 2.05) is 30.3 Å². The Labute approximate surface area is 114 Å². The van der Waals surface area contributed by atoms with Gasteiger partial charge in [-0.3, -0.25) is 0 Å². The van der Waals surface area contributed by atoms with Crippen molar-refractivity contribution in [2.45, 2.75) is 38.4 Å². The van der Waals surface area contributed by atoms with Crippen molar-refractivity contribution >= 4 is 6.09 Å². The van der Waals surface area contributed by atoms with Crippen molar-refractivity contribution in [3.8, 4) is 0 Å². The molecule has 0 radical (unpaired) electrons. The lowest BCUT2D eigenvalue weighted by Gasteiger charge is -2.31. The first kappa shape index (κ1) is 13.9. The highest BCUT2D eigenvalue weighted by Crippen LogP contribution is 2.27. The molecule has 4 nitrogen and oxygen atoms in total. The van der Waals surface area contributed by atoms with Crippen LogP contribution in [0.3, 0.4) is 0 Å². The quantitative estimate of drug-likeness (QED) is 0.911. The minimum absolute atomic E-state index is 0.332.